The molecule has 1 fully saturated rings. The van der Waals surface area contributed by atoms with Crippen molar-refractivity contribution in [2.24, 2.45) is 0 Å². The smallest absolute Gasteiger partial charge is 0.393 e. The predicted molar refractivity (Wildman–Crippen MR) is 184 cm³/mol. The molecule has 0 amide bonds. The number of thiophene rings is 1. The lowest BCUT2D eigenvalue weighted by molar-refractivity contribution is -0.126. The van der Waals surface area contributed by atoms with E-state index in [1.54, 1.807) is 25.5 Å². The fourth-order valence-corrected chi connectivity index (χ4v) is 8.89. The third-order valence-electron chi connectivity index (χ3n) is 8.95. The number of aryl methyl sites for hydroxylation is 3. The van der Waals surface area contributed by atoms with Crippen LogP contribution in [0, 0.1) is 18.3 Å². The Labute approximate surface area is 275 Å². The normalized spacial score (nSPS) is 15.0. The summed E-state index contributed by atoms with van der Waals surface area (Å²) in [5, 5.41) is 15.9. The fourth-order valence-electron chi connectivity index (χ4n) is 6.53. The van der Waals surface area contributed by atoms with Crippen LogP contribution in [0.1, 0.15) is 40.1 Å². The highest BCUT2D eigenvalue weighted by molar-refractivity contribution is 7.70. The summed E-state index contributed by atoms with van der Waals surface area (Å²) in [5.41, 5.74) is 11.5. The lowest BCUT2D eigenvalue weighted by Crippen LogP contribution is -2.39. The maximum Gasteiger partial charge on any atom is 0.393 e. The lowest BCUT2D eigenvalue weighted by atomic mass is 10.0. The van der Waals surface area contributed by atoms with Crippen LogP contribution in [-0.2, 0) is 30.5 Å². The minimum Gasteiger partial charge on any atom is -0.399 e. The second kappa shape index (κ2) is 12.9. The van der Waals surface area contributed by atoms with Crippen molar-refractivity contribution in [2.75, 3.05) is 37.5 Å². The first-order valence-corrected chi connectivity index (χ1v) is 19.0. The van der Waals surface area contributed by atoms with Crippen molar-refractivity contribution >= 4 is 56.4 Å². The third kappa shape index (κ3) is 7.33. The molecular formula is C34H37F3N7OPS. The van der Waals surface area contributed by atoms with Crippen LogP contribution in [0.4, 0.5) is 24.7 Å². The summed E-state index contributed by atoms with van der Waals surface area (Å²) in [5.74, 6) is 0.586. The molecule has 4 heterocycles. The number of piperidine rings is 1. The van der Waals surface area contributed by atoms with Crippen molar-refractivity contribution in [1.82, 2.24) is 19.4 Å². The second-order valence-electron chi connectivity index (χ2n) is 12.7. The molecule has 8 nitrogen and oxygen atoms in total. The van der Waals surface area contributed by atoms with Crippen molar-refractivity contribution < 1.29 is 17.7 Å². The molecular weight excluding hydrogens is 642 g/mol. The number of benzene rings is 2. The number of fused-ring (bicyclic) bond motifs is 2. The van der Waals surface area contributed by atoms with Gasteiger partial charge in [-0.25, -0.2) is 9.97 Å². The van der Waals surface area contributed by atoms with Gasteiger partial charge in [-0.1, -0.05) is 12.1 Å². The third-order valence-corrected chi connectivity index (χ3v) is 11.6. The number of anilines is 2. The van der Waals surface area contributed by atoms with Crippen LogP contribution < -0.4 is 16.4 Å². The molecule has 0 spiro atoms. The Morgan fingerprint density at radius 1 is 1.09 bits per heavy atom. The number of rotatable bonds is 9. The summed E-state index contributed by atoms with van der Waals surface area (Å²) in [4.78, 5) is 11.7. The molecule has 47 heavy (non-hydrogen) atoms. The van der Waals surface area contributed by atoms with E-state index in [9.17, 15) is 23.0 Å². The van der Waals surface area contributed by atoms with Gasteiger partial charge in [-0.2, -0.15) is 18.4 Å². The Kier molecular flexibility index (Phi) is 9.09. The number of hydrogen-bond donors (Lipinski definition) is 2. The van der Waals surface area contributed by atoms with E-state index < -0.39 is 19.7 Å². The van der Waals surface area contributed by atoms with Gasteiger partial charge in [-0.15, -0.1) is 11.3 Å². The fraction of sp³-hybridized carbons (Fsp3) is 0.382. The molecule has 3 N–H and O–H groups in total. The zero-order chi connectivity index (χ0) is 33.5. The van der Waals surface area contributed by atoms with Crippen LogP contribution in [-0.4, -0.2) is 58.1 Å². The number of nitrogens with zero attached hydrogens (tertiary/aromatic N) is 5. The molecule has 3 aromatic heterocycles. The predicted octanol–water partition coefficient (Wildman–Crippen LogP) is 7.08. The van der Waals surface area contributed by atoms with E-state index in [0.29, 0.717) is 40.4 Å². The largest absolute Gasteiger partial charge is 0.399 e. The van der Waals surface area contributed by atoms with Crippen LogP contribution in [0.15, 0.2) is 48.8 Å². The van der Waals surface area contributed by atoms with Gasteiger partial charge >= 0.3 is 6.18 Å². The Bertz CT molecular complexity index is 2030. The Balaban J connectivity index is 1.12. The van der Waals surface area contributed by atoms with Gasteiger partial charge in [0.1, 0.15) is 35.9 Å². The molecule has 0 saturated carbocycles. The topological polar surface area (TPSA) is 113 Å². The van der Waals surface area contributed by atoms with Gasteiger partial charge in [0.05, 0.1) is 11.8 Å². The van der Waals surface area contributed by atoms with Crippen molar-refractivity contribution in [3.8, 4) is 6.07 Å². The van der Waals surface area contributed by atoms with E-state index in [1.807, 2.05) is 22.8 Å². The summed E-state index contributed by atoms with van der Waals surface area (Å²) in [6.07, 6.45) is -1.45. The molecule has 0 aliphatic carbocycles. The summed E-state index contributed by atoms with van der Waals surface area (Å²) in [7, 11) is -2.53. The molecule has 1 aliphatic heterocycles. The first kappa shape index (κ1) is 33.0. The maximum absolute atomic E-state index is 13.0. The number of aromatic nitrogens is 3. The number of hydrogen-bond acceptors (Lipinski definition) is 8. The molecule has 0 bridgehead atoms. The Hall–Kier alpha value is -3.91. The lowest BCUT2D eigenvalue weighted by Gasteiger charge is -2.33. The summed E-state index contributed by atoms with van der Waals surface area (Å²) in [6, 6.07) is 15.9. The van der Waals surface area contributed by atoms with E-state index in [2.05, 4.69) is 45.3 Å². The van der Waals surface area contributed by atoms with E-state index >= 15 is 0 Å². The summed E-state index contributed by atoms with van der Waals surface area (Å²) in [6.45, 7) is 8.69. The maximum atomic E-state index is 13.0. The molecule has 0 unspecified atom stereocenters. The highest BCUT2D eigenvalue weighted by Gasteiger charge is 2.29. The van der Waals surface area contributed by atoms with Gasteiger partial charge in [0.25, 0.3) is 0 Å². The quantitative estimate of drug-likeness (QED) is 0.127. The van der Waals surface area contributed by atoms with E-state index in [-0.39, 0.29) is 10.9 Å². The van der Waals surface area contributed by atoms with Crippen molar-refractivity contribution in [3.05, 3.63) is 76.1 Å². The average Bonchev–Trinajstić information content (AvgIpc) is 3.58. The van der Waals surface area contributed by atoms with Gasteiger partial charge in [0.15, 0.2) is 0 Å². The van der Waals surface area contributed by atoms with Gasteiger partial charge in [-0.05, 0) is 86.5 Å². The van der Waals surface area contributed by atoms with Gasteiger partial charge in [0, 0.05) is 59.0 Å². The van der Waals surface area contributed by atoms with Crippen molar-refractivity contribution in [2.45, 2.75) is 57.9 Å². The molecule has 1 saturated heterocycles. The van der Waals surface area contributed by atoms with Crippen LogP contribution in [0.3, 0.4) is 0 Å². The standard InChI is InChI=1S/C34H37F3N7OPS/c1-21-23(5-7-30-28(21)15-26(18-38)44(30)13-8-22-4-6-24(39)14-31(22)46(2,3)45)19-43-11-9-25(10-12-43)42-32-29-16-27(17-34(35,36)37)47-33(29)41-20-40-32/h4-7,14-16,20,25H,8-13,17,19,39H2,1-3H3,(H,40,41,42). The van der Waals surface area contributed by atoms with Gasteiger partial charge in [0.2, 0.25) is 0 Å². The Morgan fingerprint density at radius 3 is 2.53 bits per heavy atom. The van der Waals surface area contributed by atoms with E-state index in [0.717, 1.165) is 71.1 Å². The van der Waals surface area contributed by atoms with Crippen LogP contribution in [0.2, 0.25) is 0 Å². The molecule has 246 valence electrons. The van der Waals surface area contributed by atoms with Crippen LogP contribution in [0.25, 0.3) is 21.1 Å². The molecule has 0 atom stereocenters. The Morgan fingerprint density at radius 2 is 1.83 bits per heavy atom. The highest BCUT2D eigenvalue weighted by Crippen LogP contribution is 2.37. The SMILES string of the molecule is Cc1c(CN2CCC(Nc3ncnc4sc(CC(F)(F)F)cc34)CC2)ccc2c1cc(C#N)n2CCc1ccc(N)cc1P(C)(C)=O. The number of nitrogens with two attached hydrogens (primary N) is 1. The number of likely N-dealkylation sites (tertiary alicyclic amines) is 1. The first-order chi connectivity index (χ1) is 22.3. The molecule has 1 aliphatic rings. The van der Waals surface area contributed by atoms with Gasteiger partial charge in [-0.3, -0.25) is 4.90 Å². The van der Waals surface area contributed by atoms with Crippen LogP contribution in [0.5, 0.6) is 0 Å². The number of nitrogens with one attached hydrogen (secondary N) is 1. The average molecular weight is 680 g/mol. The minimum atomic E-state index is -4.26. The monoisotopic (exact) mass is 679 g/mol. The van der Waals surface area contributed by atoms with E-state index in [4.69, 9.17) is 5.73 Å². The number of nitrogen functional groups attached to an aromatic ring is 1. The number of halogens is 3. The van der Waals surface area contributed by atoms with E-state index in [1.165, 1.54) is 11.9 Å². The molecule has 6 rings (SSSR count). The summed E-state index contributed by atoms with van der Waals surface area (Å²) >= 11 is 1.06. The minimum absolute atomic E-state index is 0.155. The molecule has 13 heteroatoms. The highest BCUT2D eigenvalue weighted by atomic mass is 32.1. The zero-order valence-electron chi connectivity index (χ0n) is 26.6. The molecule has 0 radical (unpaired) electrons. The molecule has 2 aromatic carbocycles. The molecule has 5 aromatic rings. The zero-order valence-corrected chi connectivity index (χ0v) is 28.3. The van der Waals surface area contributed by atoms with Crippen molar-refractivity contribution in [3.63, 3.8) is 0 Å². The summed E-state index contributed by atoms with van der Waals surface area (Å²) < 4.78 is 53.8. The van der Waals surface area contributed by atoms with Gasteiger partial charge < -0.3 is 20.2 Å². The number of nitriles is 1. The second-order valence-corrected chi connectivity index (χ2v) is 17.0. The van der Waals surface area contributed by atoms with Crippen LogP contribution >= 0.6 is 18.5 Å². The first-order valence-electron chi connectivity index (χ1n) is 15.5. The number of alkyl halides is 3. The van der Waals surface area contributed by atoms with Crippen molar-refractivity contribution in [1.29, 1.82) is 5.26 Å².